The molecule has 2 aliphatic rings. The van der Waals surface area contributed by atoms with E-state index in [1.54, 1.807) is 0 Å². The van der Waals surface area contributed by atoms with E-state index in [-0.39, 0.29) is 0 Å². The Morgan fingerprint density at radius 1 is 1.27 bits per heavy atom. The zero-order valence-corrected chi connectivity index (χ0v) is 7.93. The quantitative estimate of drug-likeness (QED) is 0.515. The fourth-order valence-electron chi connectivity index (χ4n) is 3.06. The zero-order valence-electron chi connectivity index (χ0n) is 7.93. The lowest BCUT2D eigenvalue weighted by Crippen LogP contribution is -2.39. The SMILES string of the molecule is CN1CC2CCCC2C1(C)C. The average Bonchev–Trinajstić information content (AvgIpc) is 2.41. The van der Waals surface area contributed by atoms with Gasteiger partial charge >= 0.3 is 0 Å². The number of hydrogen-bond donors (Lipinski definition) is 0. The molecule has 2 fully saturated rings. The molecule has 1 nitrogen and oxygen atoms in total. The van der Waals surface area contributed by atoms with Crippen molar-refractivity contribution in [2.24, 2.45) is 11.8 Å². The number of fused-ring (bicyclic) bond motifs is 1. The second-order valence-electron chi connectivity index (χ2n) is 4.83. The highest BCUT2D eigenvalue weighted by Crippen LogP contribution is 2.46. The molecule has 64 valence electrons. The van der Waals surface area contributed by atoms with E-state index in [2.05, 4.69) is 25.8 Å². The summed E-state index contributed by atoms with van der Waals surface area (Å²) in [5.74, 6) is 2.02. The van der Waals surface area contributed by atoms with Gasteiger partial charge in [0.15, 0.2) is 0 Å². The third-order valence-corrected chi connectivity index (χ3v) is 4.06. The van der Waals surface area contributed by atoms with E-state index in [0.717, 1.165) is 11.8 Å². The summed E-state index contributed by atoms with van der Waals surface area (Å²) < 4.78 is 0. The van der Waals surface area contributed by atoms with Gasteiger partial charge in [0, 0.05) is 12.1 Å². The van der Waals surface area contributed by atoms with Crippen LogP contribution in [-0.4, -0.2) is 24.0 Å². The van der Waals surface area contributed by atoms with Gasteiger partial charge in [0.05, 0.1) is 0 Å². The molecule has 2 unspecified atom stereocenters. The molecule has 1 saturated carbocycles. The Balaban J connectivity index is 2.20. The van der Waals surface area contributed by atoms with Gasteiger partial charge in [-0.15, -0.1) is 0 Å². The largest absolute Gasteiger partial charge is 0.301 e. The van der Waals surface area contributed by atoms with Gasteiger partial charge in [-0.25, -0.2) is 0 Å². The Hall–Kier alpha value is -0.0400. The summed E-state index contributed by atoms with van der Waals surface area (Å²) in [6.45, 7) is 6.16. The Morgan fingerprint density at radius 2 is 2.00 bits per heavy atom. The summed E-state index contributed by atoms with van der Waals surface area (Å²) in [5.41, 5.74) is 0.487. The highest BCUT2D eigenvalue weighted by Gasteiger charge is 2.47. The maximum atomic E-state index is 2.54. The summed E-state index contributed by atoms with van der Waals surface area (Å²) >= 11 is 0. The topological polar surface area (TPSA) is 3.24 Å². The molecule has 11 heavy (non-hydrogen) atoms. The first-order chi connectivity index (χ1) is 5.12. The maximum absolute atomic E-state index is 2.54. The maximum Gasteiger partial charge on any atom is 0.0181 e. The fraction of sp³-hybridized carbons (Fsp3) is 1.00. The molecule has 0 bridgehead atoms. The molecule has 0 aromatic heterocycles. The molecule has 1 saturated heterocycles. The second kappa shape index (κ2) is 2.22. The van der Waals surface area contributed by atoms with Gasteiger partial charge in [0.2, 0.25) is 0 Å². The summed E-state index contributed by atoms with van der Waals surface area (Å²) in [6.07, 6.45) is 4.44. The van der Waals surface area contributed by atoms with Crippen molar-refractivity contribution in [3.8, 4) is 0 Å². The summed E-state index contributed by atoms with van der Waals surface area (Å²) in [7, 11) is 2.28. The van der Waals surface area contributed by atoms with Crippen LogP contribution in [0.2, 0.25) is 0 Å². The van der Waals surface area contributed by atoms with Gasteiger partial charge in [0.1, 0.15) is 0 Å². The van der Waals surface area contributed by atoms with Crippen molar-refractivity contribution in [1.29, 1.82) is 0 Å². The normalized spacial score (nSPS) is 42.8. The van der Waals surface area contributed by atoms with Crippen LogP contribution in [0.4, 0.5) is 0 Å². The van der Waals surface area contributed by atoms with Gasteiger partial charge in [-0.1, -0.05) is 6.42 Å². The first-order valence-electron chi connectivity index (χ1n) is 4.83. The van der Waals surface area contributed by atoms with Gasteiger partial charge in [-0.3, -0.25) is 0 Å². The van der Waals surface area contributed by atoms with Crippen LogP contribution in [-0.2, 0) is 0 Å². The minimum absolute atomic E-state index is 0.487. The lowest BCUT2D eigenvalue weighted by atomic mass is 9.85. The number of rotatable bonds is 0. The van der Waals surface area contributed by atoms with Crippen LogP contribution in [0.1, 0.15) is 33.1 Å². The molecule has 0 amide bonds. The van der Waals surface area contributed by atoms with E-state index >= 15 is 0 Å². The Morgan fingerprint density at radius 3 is 2.64 bits per heavy atom. The van der Waals surface area contributed by atoms with Crippen molar-refractivity contribution in [3.63, 3.8) is 0 Å². The second-order valence-corrected chi connectivity index (χ2v) is 4.83. The molecule has 0 spiro atoms. The van der Waals surface area contributed by atoms with Crippen LogP contribution in [0.25, 0.3) is 0 Å². The molecule has 0 radical (unpaired) electrons. The van der Waals surface area contributed by atoms with Crippen LogP contribution >= 0.6 is 0 Å². The van der Waals surface area contributed by atoms with Crippen LogP contribution in [0.5, 0.6) is 0 Å². The van der Waals surface area contributed by atoms with Crippen molar-refractivity contribution < 1.29 is 0 Å². The van der Waals surface area contributed by atoms with Crippen LogP contribution in [0, 0.1) is 11.8 Å². The molecule has 2 rings (SSSR count). The van der Waals surface area contributed by atoms with E-state index in [1.165, 1.54) is 25.8 Å². The minimum atomic E-state index is 0.487. The van der Waals surface area contributed by atoms with E-state index < -0.39 is 0 Å². The molecule has 1 heteroatoms. The number of likely N-dealkylation sites (tertiary alicyclic amines) is 1. The molecular weight excluding hydrogens is 134 g/mol. The highest BCUT2D eigenvalue weighted by atomic mass is 15.2. The molecular formula is C10H19N. The van der Waals surface area contributed by atoms with Crippen LogP contribution in [0.3, 0.4) is 0 Å². The van der Waals surface area contributed by atoms with Gasteiger partial charge in [0.25, 0.3) is 0 Å². The first-order valence-corrected chi connectivity index (χ1v) is 4.83. The lowest BCUT2D eigenvalue weighted by Gasteiger charge is -2.32. The zero-order chi connectivity index (χ0) is 8.06. The lowest BCUT2D eigenvalue weighted by molar-refractivity contribution is 0.169. The summed E-state index contributed by atoms with van der Waals surface area (Å²) in [5, 5.41) is 0. The Bertz CT molecular complexity index is 162. The smallest absolute Gasteiger partial charge is 0.0181 e. The predicted molar refractivity (Wildman–Crippen MR) is 47.5 cm³/mol. The Labute approximate surface area is 69.8 Å². The van der Waals surface area contributed by atoms with Crippen molar-refractivity contribution >= 4 is 0 Å². The van der Waals surface area contributed by atoms with Crippen molar-refractivity contribution in [3.05, 3.63) is 0 Å². The van der Waals surface area contributed by atoms with Crippen LogP contribution in [0.15, 0.2) is 0 Å². The average molecular weight is 153 g/mol. The minimum Gasteiger partial charge on any atom is -0.301 e. The summed E-state index contributed by atoms with van der Waals surface area (Å²) in [4.78, 5) is 2.54. The van der Waals surface area contributed by atoms with Gasteiger partial charge in [-0.2, -0.15) is 0 Å². The molecule has 0 N–H and O–H groups in total. The first kappa shape index (κ1) is 7.60. The molecule has 2 atom stereocenters. The molecule has 0 aromatic rings. The van der Waals surface area contributed by atoms with Crippen LogP contribution < -0.4 is 0 Å². The van der Waals surface area contributed by atoms with Crippen molar-refractivity contribution in [2.75, 3.05) is 13.6 Å². The van der Waals surface area contributed by atoms with Crippen molar-refractivity contribution in [2.45, 2.75) is 38.6 Å². The third kappa shape index (κ3) is 0.936. The number of hydrogen-bond acceptors (Lipinski definition) is 1. The molecule has 1 aliphatic carbocycles. The monoisotopic (exact) mass is 153 g/mol. The summed E-state index contributed by atoms with van der Waals surface area (Å²) in [6, 6.07) is 0. The van der Waals surface area contributed by atoms with E-state index in [9.17, 15) is 0 Å². The van der Waals surface area contributed by atoms with Gasteiger partial charge in [-0.05, 0) is 45.6 Å². The molecule has 1 aliphatic heterocycles. The van der Waals surface area contributed by atoms with E-state index in [1.807, 2.05) is 0 Å². The van der Waals surface area contributed by atoms with Gasteiger partial charge < -0.3 is 4.90 Å². The third-order valence-electron chi connectivity index (χ3n) is 4.06. The standard InChI is InChI=1S/C10H19N/c1-10(2)9-6-4-5-8(9)7-11(10)3/h8-9H,4-7H2,1-3H3. The molecule has 0 aromatic carbocycles. The fourth-order valence-corrected chi connectivity index (χ4v) is 3.06. The highest BCUT2D eigenvalue weighted by molar-refractivity contribution is 5.01. The Kier molecular flexibility index (Phi) is 1.54. The molecule has 1 heterocycles. The van der Waals surface area contributed by atoms with E-state index in [0.29, 0.717) is 5.54 Å². The van der Waals surface area contributed by atoms with E-state index in [4.69, 9.17) is 0 Å². The predicted octanol–water partition coefficient (Wildman–Crippen LogP) is 2.13. The van der Waals surface area contributed by atoms with Crippen molar-refractivity contribution in [1.82, 2.24) is 4.90 Å². The number of nitrogens with zero attached hydrogens (tertiary/aromatic N) is 1.